The second-order valence-electron chi connectivity index (χ2n) is 7.98. The van der Waals surface area contributed by atoms with E-state index in [1.165, 1.54) is 30.7 Å². The van der Waals surface area contributed by atoms with Crippen molar-refractivity contribution in [2.24, 2.45) is 11.8 Å². The Labute approximate surface area is 155 Å². The lowest BCUT2D eigenvalue weighted by atomic mass is 9.96. The van der Waals surface area contributed by atoms with Crippen LogP contribution in [-0.2, 0) is 20.0 Å². The van der Waals surface area contributed by atoms with Gasteiger partial charge in [0.25, 0.3) is 0 Å². The van der Waals surface area contributed by atoms with Gasteiger partial charge in [0.05, 0.1) is 9.79 Å². The smallest absolute Gasteiger partial charge is 0.208 e. The first kappa shape index (κ1) is 18.4. The Kier molecular flexibility index (Phi) is 4.88. The van der Waals surface area contributed by atoms with Crippen LogP contribution < -0.4 is 9.44 Å². The molecular weight excluding hydrogens is 372 g/mol. The minimum absolute atomic E-state index is 0.0112. The van der Waals surface area contributed by atoms with Gasteiger partial charge < -0.3 is 0 Å². The molecule has 0 aliphatic heterocycles. The zero-order chi connectivity index (χ0) is 18.4. The highest BCUT2D eigenvalue weighted by molar-refractivity contribution is 7.90. The maximum atomic E-state index is 12.6. The maximum absolute atomic E-state index is 12.6. The third kappa shape index (κ3) is 3.69. The summed E-state index contributed by atoms with van der Waals surface area (Å²) in [5.41, 5.74) is 0. The van der Waals surface area contributed by atoms with Crippen molar-refractivity contribution in [2.75, 3.05) is 0 Å². The van der Waals surface area contributed by atoms with E-state index in [-0.39, 0.29) is 21.9 Å². The van der Waals surface area contributed by atoms with Gasteiger partial charge in [-0.15, -0.1) is 0 Å². The molecule has 1 aromatic rings. The van der Waals surface area contributed by atoms with Crippen molar-refractivity contribution in [3.05, 3.63) is 24.3 Å². The summed E-state index contributed by atoms with van der Waals surface area (Å²) in [5, 5.41) is 0. The highest BCUT2D eigenvalue weighted by Crippen LogP contribution is 2.44. The van der Waals surface area contributed by atoms with Gasteiger partial charge in [-0.25, -0.2) is 26.3 Å². The minimum Gasteiger partial charge on any atom is -0.208 e. The van der Waals surface area contributed by atoms with E-state index in [1.54, 1.807) is 0 Å². The van der Waals surface area contributed by atoms with Crippen LogP contribution in [0.3, 0.4) is 0 Å². The third-order valence-electron chi connectivity index (χ3n) is 6.17. The van der Waals surface area contributed by atoms with Gasteiger partial charge in [-0.05, 0) is 68.2 Å². The van der Waals surface area contributed by atoms with Crippen molar-refractivity contribution in [3.63, 3.8) is 0 Å². The molecule has 2 N–H and O–H groups in total. The maximum Gasteiger partial charge on any atom is 0.240 e. The van der Waals surface area contributed by atoms with Gasteiger partial charge in [0.2, 0.25) is 20.0 Å². The molecule has 3 saturated carbocycles. The van der Waals surface area contributed by atoms with E-state index in [2.05, 4.69) is 9.44 Å². The molecule has 0 radical (unpaired) electrons. The molecule has 0 aromatic heterocycles. The lowest BCUT2D eigenvalue weighted by Crippen LogP contribution is -2.38. The van der Waals surface area contributed by atoms with Crippen LogP contribution in [0.1, 0.15) is 51.4 Å². The van der Waals surface area contributed by atoms with Gasteiger partial charge in [0.15, 0.2) is 0 Å². The molecule has 4 rings (SSSR count). The van der Waals surface area contributed by atoms with Gasteiger partial charge in [-0.1, -0.05) is 19.3 Å². The van der Waals surface area contributed by atoms with Gasteiger partial charge >= 0.3 is 0 Å². The Morgan fingerprint density at radius 3 is 1.81 bits per heavy atom. The summed E-state index contributed by atoms with van der Waals surface area (Å²) in [4.78, 5) is 0.239. The van der Waals surface area contributed by atoms with Gasteiger partial charge in [-0.3, -0.25) is 0 Å². The highest BCUT2D eigenvalue weighted by Gasteiger charge is 2.41. The topological polar surface area (TPSA) is 92.3 Å². The summed E-state index contributed by atoms with van der Waals surface area (Å²) < 4.78 is 55.7. The molecule has 3 fully saturated rings. The molecule has 0 saturated heterocycles. The summed E-state index contributed by atoms with van der Waals surface area (Å²) in [6.45, 7) is 0. The lowest BCUT2D eigenvalue weighted by Gasteiger charge is -2.22. The number of sulfonamides is 2. The quantitative estimate of drug-likeness (QED) is 0.769. The Morgan fingerprint density at radius 2 is 1.31 bits per heavy atom. The standard InChI is InChI=1S/C18H26N2O4S2/c21-25(22,19-15-3-1-2-4-15)16-7-9-17(10-8-16)26(23,24)20-18-12-13-5-6-14(18)11-13/h7-10,13-15,18-20H,1-6,11-12H2/t13-,14-,18-/m1/s1. The number of fused-ring (bicyclic) bond motifs is 2. The van der Waals surface area contributed by atoms with Gasteiger partial charge in [0, 0.05) is 12.1 Å². The average molecular weight is 399 g/mol. The van der Waals surface area contributed by atoms with Gasteiger partial charge in [-0.2, -0.15) is 0 Å². The van der Waals surface area contributed by atoms with Crippen LogP contribution in [0.15, 0.2) is 34.1 Å². The first-order chi connectivity index (χ1) is 12.3. The zero-order valence-corrected chi connectivity index (χ0v) is 16.4. The van der Waals surface area contributed by atoms with E-state index >= 15 is 0 Å². The molecule has 3 atom stereocenters. The zero-order valence-electron chi connectivity index (χ0n) is 14.7. The van der Waals surface area contributed by atoms with E-state index < -0.39 is 20.0 Å². The van der Waals surface area contributed by atoms with Crippen molar-refractivity contribution < 1.29 is 16.8 Å². The molecule has 3 aliphatic rings. The van der Waals surface area contributed by atoms with Crippen molar-refractivity contribution >= 4 is 20.0 Å². The number of hydrogen-bond acceptors (Lipinski definition) is 4. The molecule has 0 heterocycles. The van der Waals surface area contributed by atoms with E-state index in [1.807, 2.05) is 0 Å². The molecule has 2 bridgehead atoms. The third-order valence-corrected chi connectivity index (χ3v) is 9.21. The highest BCUT2D eigenvalue weighted by atomic mass is 32.2. The number of benzene rings is 1. The van der Waals surface area contributed by atoms with Crippen LogP contribution in [0, 0.1) is 11.8 Å². The second-order valence-corrected chi connectivity index (χ2v) is 11.4. The lowest BCUT2D eigenvalue weighted by molar-refractivity contribution is 0.390. The predicted octanol–water partition coefficient (Wildman–Crippen LogP) is 2.37. The minimum atomic E-state index is -3.62. The largest absolute Gasteiger partial charge is 0.240 e. The normalized spacial score (nSPS) is 29.5. The van der Waals surface area contributed by atoms with E-state index in [0.717, 1.165) is 44.9 Å². The Balaban J connectivity index is 1.46. The fraction of sp³-hybridized carbons (Fsp3) is 0.667. The fourth-order valence-corrected chi connectivity index (χ4v) is 7.41. The summed E-state index contributed by atoms with van der Waals surface area (Å²) in [5.74, 6) is 1.10. The predicted molar refractivity (Wildman–Crippen MR) is 98.6 cm³/mol. The molecule has 144 valence electrons. The van der Waals surface area contributed by atoms with Crippen LogP contribution in [0.5, 0.6) is 0 Å². The average Bonchev–Trinajstić information content (AvgIpc) is 3.32. The molecule has 8 heteroatoms. The van der Waals surface area contributed by atoms with Crippen LogP contribution in [-0.4, -0.2) is 28.9 Å². The Bertz CT molecular complexity index is 859. The summed E-state index contributed by atoms with van der Waals surface area (Å²) in [7, 11) is -7.22. The van der Waals surface area contributed by atoms with Gasteiger partial charge in [0.1, 0.15) is 0 Å². The van der Waals surface area contributed by atoms with E-state index in [4.69, 9.17) is 0 Å². The summed E-state index contributed by atoms with van der Waals surface area (Å²) in [6.07, 6.45) is 8.15. The number of nitrogens with one attached hydrogen (secondary N) is 2. The van der Waals surface area contributed by atoms with Crippen molar-refractivity contribution in [2.45, 2.75) is 73.2 Å². The molecule has 0 amide bonds. The fourth-order valence-electron chi connectivity index (χ4n) is 4.79. The Morgan fingerprint density at radius 1 is 0.731 bits per heavy atom. The van der Waals surface area contributed by atoms with Crippen LogP contribution in [0.25, 0.3) is 0 Å². The molecular formula is C18H26N2O4S2. The van der Waals surface area contributed by atoms with E-state index in [9.17, 15) is 16.8 Å². The summed E-state index contributed by atoms with van der Waals surface area (Å²) >= 11 is 0. The van der Waals surface area contributed by atoms with Crippen molar-refractivity contribution in [1.82, 2.24) is 9.44 Å². The first-order valence-corrected chi connectivity index (χ1v) is 12.4. The molecule has 26 heavy (non-hydrogen) atoms. The molecule has 0 unspecified atom stereocenters. The number of rotatable bonds is 6. The van der Waals surface area contributed by atoms with E-state index in [0.29, 0.717) is 11.8 Å². The molecule has 0 spiro atoms. The monoisotopic (exact) mass is 398 g/mol. The van der Waals surface area contributed by atoms with Crippen molar-refractivity contribution in [1.29, 1.82) is 0 Å². The molecule has 3 aliphatic carbocycles. The van der Waals surface area contributed by atoms with Crippen LogP contribution in [0.2, 0.25) is 0 Å². The van der Waals surface area contributed by atoms with Crippen LogP contribution in [0.4, 0.5) is 0 Å². The second kappa shape index (κ2) is 6.89. The van der Waals surface area contributed by atoms with Crippen molar-refractivity contribution in [3.8, 4) is 0 Å². The Hall–Kier alpha value is -0.960. The SMILES string of the molecule is O=S(=O)(NC1CCCC1)c1ccc(S(=O)(=O)N[C@@H]2C[C@@H]3CC[C@@H]2C3)cc1. The summed E-state index contributed by atoms with van der Waals surface area (Å²) in [6, 6.07) is 5.55. The molecule has 6 nitrogen and oxygen atoms in total. The van der Waals surface area contributed by atoms with Crippen LogP contribution >= 0.6 is 0 Å². The first-order valence-electron chi connectivity index (χ1n) is 9.48. The number of hydrogen-bond donors (Lipinski definition) is 2. The molecule has 1 aromatic carbocycles.